The summed E-state index contributed by atoms with van der Waals surface area (Å²) >= 11 is 0. The Morgan fingerprint density at radius 3 is 2.38 bits per heavy atom. The van der Waals surface area contributed by atoms with E-state index >= 15 is 0 Å². The average Bonchev–Trinajstić information content (AvgIpc) is 2.73. The summed E-state index contributed by atoms with van der Waals surface area (Å²) in [4.78, 5) is 37.0. The molecule has 5 nitrogen and oxygen atoms in total. The van der Waals surface area contributed by atoms with Gasteiger partial charge in [-0.05, 0) is 24.5 Å². The van der Waals surface area contributed by atoms with Gasteiger partial charge in [-0.15, -0.1) is 0 Å². The number of carbonyl (C=O) groups excluding carboxylic acids is 3. The van der Waals surface area contributed by atoms with E-state index in [1.165, 1.54) is 11.8 Å². The van der Waals surface area contributed by atoms with Crippen LogP contribution in [0.4, 0.5) is 0 Å². The number of rotatable bonds is 4. The van der Waals surface area contributed by atoms with Gasteiger partial charge in [-0.1, -0.05) is 31.2 Å². The van der Waals surface area contributed by atoms with Gasteiger partial charge in [0.05, 0.1) is 12.1 Å². The van der Waals surface area contributed by atoms with Crippen LogP contribution in [-0.2, 0) is 20.8 Å². The zero-order chi connectivity index (χ0) is 15.6. The summed E-state index contributed by atoms with van der Waals surface area (Å²) in [7, 11) is 0. The Morgan fingerprint density at radius 2 is 1.90 bits per heavy atom. The summed E-state index contributed by atoms with van der Waals surface area (Å²) in [6, 6.07) is 8.66. The Balaban J connectivity index is 2.47. The highest BCUT2D eigenvalue weighted by molar-refractivity contribution is 6.42. The minimum atomic E-state index is -1.02. The third-order valence-corrected chi connectivity index (χ3v) is 3.81. The van der Waals surface area contributed by atoms with Gasteiger partial charge < -0.3 is 4.90 Å². The lowest BCUT2D eigenvalue weighted by Gasteiger charge is -2.24. The molecule has 0 aromatic heterocycles. The predicted molar refractivity (Wildman–Crippen MR) is 75.1 cm³/mol. The van der Waals surface area contributed by atoms with Gasteiger partial charge in [0.25, 0.3) is 5.91 Å². The number of hydrogen-bond acceptors (Lipinski definition) is 4. The van der Waals surface area contributed by atoms with E-state index in [9.17, 15) is 14.4 Å². The number of carbonyl (C=O) groups is 3. The molecule has 0 saturated carbocycles. The van der Waals surface area contributed by atoms with Crippen molar-refractivity contribution in [3.63, 3.8) is 0 Å². The fraction of sp³-hybridized carbons (Fsp3) is 0.375. The molecule has 1 aliphatic rings. The molecule has 2 rings (SSSR count). The van der Waals surface area contributed by atoms with Crippen LogP contribution in [0.5, 0.6) is 0 Å². The summed E-state index contributed by atoms with van der Waals surface area (Å²) in [5.41, 5.74) is 1.84. The summed E-state index contributed by atoms with van der Waals surface area (Å²) < 4.78 is 0. The summed E-state index contributed by atoms with van der Waals surface area (Å²) in [5.74, 6) is -2.83. The molecule has 1 aliphatic heterocycles. The van der Waals surface area contributed by atoms with Crippen LogP contribution < -0.4 is 0 Å². The first-order chi connectivity index (χ1) is 10.0. The van der Waals surface area contributed by atoms with Gasteiger partial charge in [0.1, 0.15) is 18.2 Å². The maximum absolute atomic E-state index is 12.0. The number of ketones is 2. The van der Waals surface area contributed by atoms with Crippen molar-refractivity contribution in [1.29, 1.82) is 5.26 Å². The smallest absolute Gasteiger partial charge is 0.292 e. The lowest BCUT2D eigenvalue weighted by Crippen LogP contribution is -2.30. The van der Waals surface area contributed by atoms with Crippen LogP contribution in [-0.4, -0.2) is 28.9 Å². The Kier molecular flexibility index (Phi) is 4.18. The standard InChI is InChI=1S/C16H16N2O3/c1-3-11-4-6-12(7-5-11)14-13(10(2)19)15(20)16(21)18(14)9-8-17/h4-7,13-14H,3,9H2,1-2H3. The second-order valence-electron chi connectivity index (χ2n) is 5.08. The first-order valence-electron chi connectivity index (χ1n) is 6.82. The molecule has 1 aromatic carbocycles. The zero-order valence-corrected chi connectivity index (χ0v) is 12.0. The van der Waals surface area contributed by atoms with E-state index in [2.05, 4.69) is 0 Å². The molecule has 0 spiro atoms. The van der Waals surface area contributed by atoms with Crippen molar-refractivity contribution in [2.24, 2.45) is 5.92 Å². The molecule has 21 heavy (non-hydrogen) atoms. The third-order valence-electron chi connectivity index (χ3n) is 3.81. The molecule has 0 N–H and O–H groups in total. The van der Waals surface area contributed by atoms with Crippen molar-refractivity contribution >= 4 is 17.5 Å². The minimum Gasteiger partial charge on any atom is -0.315 e. The van der Waals surface area contributed by atoms with Crippen molar-refractivity contribution in [3.05, 3.63) is 35.4 Å². The molecule has 0 aliphatic carbocycles. The third kappa shape index (κ3) is 2.57. The summed E-state index contributed by atoms with van der Waals surface area (Å²) in [6.45, 7) is 3.13. The second kappa shape index (κ2) is 5.88. The van der Waals surface area contributed by atoms with E-state index in [0.717, 1.165) is 12.0 Å². The number of hydrogen-bond donors (Lipinski definition) is 0. The first-order valence-corrected chi connectivity index (χ1v) is 6.82. The van der Waals surface area contributed by atoms with Gasteiger partial charge in [-0.2, -0.15) is 5.26 Å². The van der Waals surface area contributed by atoms with Crippen LogP contribution >= 0.6 is 0 Å². The predicted octanol–water partition coefficient (Wildman–Crippen LogP) is 1.43. The maximum Gasteiger partial charge on any atom is 0.292 e. The van der Waals surface area contributed by atoms with Crippen LogP contribution in [0.1, 0.15) is 31.0 Å². The molecule has 0 radical (unpaired) electrons. The van der Waals surface area contributed by atoms with Gasteiger partial charge >= 0.3 is 0 Å². The topological polar surface area (TPSA) is 78.2 Å². The molecule has 1 saturated heterocycles. The number of likely N-dealkylation sites (tertiary alicyclic amines) is 1. The van der Waals surface area contributed by atoms with Crippen molar-refractivity contribution in [2.45, 2.75) is 26.3 Å². The van der Waals surface area contributed by atoms with E-state index in [-0.39, 0.29) is 12.3 Å². The SMILES string of the molecule is CCc1ccc(C2C(C(C)=O)C(=O)C(=O)N2CC#N)cc1. The van der Waals surface area contributed by atoms with Gasteiger partial charge in [0, 0.05) is 0 Å². The van der Waals surface area contributed by atoms with Gasteiger partial charge in [-0.25, -0.2) is 0 Å². The van der Waals surface area contributed by atoms with Gasteiger partial charge in [-0.3, -0.25) is 14.4 Å². The van der Waals surface area contributed by atoms with E-state index < -0.39 is 23.7 Å². The Morgan fingerprint density at radius 1 is 1.29 bits per heavy atom. The molecule has 2 unspecified atom stereocenters. The Labute approximate surface area is 123 Å². The van der Waals surface area contributed by atoms with Crippen LogP contribution in [0.25, 0.3) is 0 Å². The highest BCUT2D eigenvalue weighted by Crippen LogP contribution is 2.36. The Hall–Kier alpha value is -2.48. The number of benzene rings is 1. The second-order valence-corrected chi connectivity index (χ2v) is 5.08. The molecule has 1 heterocycles. The number of Topliss-reactive ketones (excluding diaryl/α,β-unsaturated/α-hetero) is 2. The number of aryl methyl sites for hydroxylation is 1. The van der Waals surface area contributed by atoms with Crippen molar-refractivity contribution < 1.29 is 14.4 Å². The van der Waals surface area contributed by atoms with Crippen molar-refractivity contribution in [2.75, 3.05) is 6.54 Å². The van der Waals surface area contributed by atoms with Crippen molar-refractivity contribution in [3.8, 4) is 6.07 Å². The van der Waals surface area contributed by atoms with Crippen LogP contribution in [0, 0.1) is 17.2 Å². The molecular formula is C16H16N2O3. The summed E-state index contributed by atoms with van der Waals surface area (Å²) in [6.07, 6.45) is 0.876. The largest absolute Gasteiger partial charge is 0.315 e. The van der Waals surface area contributed by atoms with Gasteiger partial charge in [0.2, 0.25) is 5.78 Å². The fourth-order valence-electron chi connectivity index (χ4n) is 2.70. The quantitative estimate of drug-likeness (QED) is 0.476. The first kappa shape index (κ1) is 14.9. The van der Waals surface area contributed by atoms with E-state index in [0.29, 0.717) is 5.56 Å². The number of nitrogens with zero attached hydrogens (tertiary/aromatic N) is 2. The molecular weight excluding hydrogens is 268 g/mol. The van der Waals surface area contributed by atoms with E-state index in [1.54, 1.807) is 0 Å². The van der Waals surface area contributed by atoms with E-state index in [4.69, 9.17) is 5.26 Å². The van der Waals surface area contributed by atoms with Crippen LogP contribution in [0.2, 0.25) is 0 Å². The molecule has 5 heteroatoms. The molecule has 0 bridgehead atoms. The van der Waals surface area contributed by atoms with E-state index in [1.807, 2.05) is 37.3 Å². The van der Waals surface area contributed by atoms with Gasteiger partial charge in [0.15, 0.2) is 0 Å². The highest BCUT2D eigenvalue weighted by Gasteiger charge is 2.50. The number of amides is 1. The molecule has 108 valence electrons. The monoisotopic (exact) mass is 284 g/mol. The molecule has 1 amide bonds. The lowest BCUT2D eigenvalue weighted by atomic mass is 9.89. The Bertz CT molecular complexity index is 628. The van der Waals surface area contributed by atoms with Crippen LogP contribution in [0.15, 0.2) is 24.3 Å². The van der Waals surface area contributed by atoms with Crippen LogP contribution in [0.3, 0.4) is 0 Å². The molecule has 1 fully saturated rings. The normalized spacial score (nSPS) is 21.5. The molecule has 2 atom stereocenters. The van der Waals surface area contributed by atoms with Crippen molar-refractivity contribution in [1.82, 2.24) is 4.90 Å². The fourth-order valence-corrected chi connectivity index (χ4v) is 2.70. The maximum atomic E-state index is 12.0. The number of nitriles is 1. The minimum absolute atomic E-state index is 0.200. The summed E-state index contributed by atoms with van der Waals surface area (Å²) in [5, 5.41) is 8.86. The average molecular weight is 284 g/mol. The highest BCUT2D eigenvalue weighted by atomic mass is 16.2. The lowest BCUT2D eigenvalue weighted by molar-refractivity contribution is -0.141. The molecule has 1 aromatic rings. The zero-order valence-electron chi connectivity index (χ0n) is 12.0.